The molecule has 1 aliphatic rings. The van der Waals surface area contributed by atoms with Gasteiger partial charge in [-0.15, -0.1) is 0 Å². The normalized spacial score (nSPS) is 12.7. The lowest BCUT2D eigenvalue weighted by Gasteiger charge is -2.29. The molecule has 0 bridgehead atoms. The van der Waals surface area contributed by atoms with E-state index in [2.05, 4.69) is 10.6 Å². The van der Waals surface area contributed by atoms with Crippen LogP contribution in [0.3, 0.4) is 0 Å². The summed E-state index contributed by atoms with van der Waals surface area (Å²) in [5.41, 5.74) is 3.01. The number of ether oxygens (including phenoxy) is 1. The Balaban J connectivity index is 1.41. The van der Waals surface area contributed by atoms with Gasteiger partial charge in [0.15, 0.2) is 6.61 Å². The highest BCUT2D eigenvalue weighted by molar-refractivity contribution is 6.31. The minimum absolute atomic E-state index is 0.109. The number of benzene rings is 3. The molecule has 1 aliphatic heterocycles. The van der Waals surface area contributed by atoms with Crippen molar-refractivity contribution in [1.82, 2.24) is 0 Å². The number of fused-ring (bicyclic) bond motifs is 1. The Hall–Kier alpha value is -3.51. The number of anilines is 4. The first kappa shape index (κ1) is 18.8. The summed E-state index contributed by atoms with van der Waals surface area (Å²) in [5.74, 6) is -0.0783. The average Bonchev–Trinajstić information content (AvgIpc) is 2.72. The maximum atomic E-state index is 12.5. The van der Waals surface area contributed by atoms with Gasteiger partial charge in [-0.05, 0) is 54.6 Å². The van der Waals surface area contributed by atoms with Gasteiger partial charge in [-0.2, -0.15) is 0 Å². The second-order valence-corrected chi connectivity index (χ2v) is 6.93. The Morgan fingerprint density at radius 2 is 1.66 bits per heavy atom. The molecule has 3 aromatic rings. The van der Waals surface area contributed by atoms with E-state index in [-0.39, 0.29) is 25.0 Å². The van der Waals surface area contributed by atoms with Crippen molar-refractivity contribution in [3.8, 4) is 5.75 Å². The number of amides is 2. The number of rotatable bonds is 5. The van der Waals surface area contributed by atoms with Gasteiger partial charge in [-0.25, -0.2) is 0 Å². The van der Waals surface area contributed by atoms with Crippen LogP contribution in [0.2, 0.25) is 5.02 Å². The van der Waals surface area contributed by atoms with Crippen LogP contribution < -0.4 is 20.3 Å². The molecule has 0 radical (unpaired) electrons. The molecular weight excluding hydrogens is 390 g/mol. The molecule has 0 aromatic heterocycles. The summed E-state index contributed by atoms with van der Waals surface area (Å²) in [6, 6.07) is 22.1. The molecule has 0 atom stereocenters. The summed E-state index contributed by atoms with van der Waals surface area (Å²) in [7, 11) is 0. The fraction of sp³-hybridized carbons (Fsp3) is 0.0909. The largest absolute Gasteiger partial charge is 0.482 e. The lowest BCUT2D eigenvalue weighted by Crippen LogP contribution is -2.43. The topological polar surface area (TPSA) is 70.7 Å². The monoisotopic (exact) mass is 407 g/mol. The van der Waals surface area contributed by atoms with Crippen LogP contribution in [0.1, 0.15) is 0 Å². The van der Waals surface area contributed by atoms with Crippen molar-refractivity contribution >= 4 is 46.2 Å². The second kappa shape index (κ2) is 8.24. The van der Waals surface area contributed by atoms with E-state index in [9.17, 15) is 9.59 Å². The minimum Gasteiger partial charge on any atom is -0.482 e. The zero-order chi connectivity index (χ0) is 20.2. The smallest absolute Gasteiger partial charge is 0.265 e. The number of para-hydroxylation sites is 1. The molecule has 1 heterocycles. The van der Waals surface area contributed by atoms with Gasteiger partial charge in [0.2, 0.25) is 5.91 Å². The third kappa shape index (κ3) is 4.50. The van der Waals surface area contributed by atoms with Crippen LogP contribution in [0.5, 0.6) is 5.75 Å². The lowest BCUT2D eigenvalue weighted by atomic mass is 10.2. The molecule has 3 aromatic carbocycles. The first-order valence-corrected chi connectivity index (χ1v) is 9.41. The van der Waals surface area contributed by atoms with Crippen LogP contribution in [0.4, 0.5) is 22.7 Å². The zero-order valence-electron chi connectivity index (χ0n) is 15.4. The standard InChI is InChI=1S/C22H18ClN3O3/c23-15-6-11-20-19(12-15)26(22(28)14-29-20)13-21(27)25-18-9-7-17(8-10-18)24-16-4-2-1-3-5-16/h1-12,24H,13-14H2,(H,25,27). The Kier molecular flexibility index (Phi) is 5.35. The average molecular weight is 408 g/mol. The predicted molar refractivity (Wildman–Crippen MR) is 114 cm³/mol. The molecule has 2 N–H and O–H groups in total. The quantitative estimate of drug-likeness (QED) is 0.655. The van der Waals surface area contributed by atoms with Crippen molar-refractivity contribution in [1.29, 1.82) is 0 Å². The molecule has 2 amide bonds. The van der Waals surface area contributed by atoms with Crippen LogP contribution in [0.25, 0.3) is 0 Å². The van der Waals surface area contributed by atoms with Crippen molar-refractivity contribution in [3.05, 3.63) is 77.8 Å². The molecular formula is C22H18ClN3O3. The summed E-state index contributed by atoms with van der Waals surface area (Å²) in [4.78, 5) is 26.1. The van der Waals surface area contributed by atoms with Crippen molar-refractivity contribution < 1.29 is 14.3 Å². The maximum absolute atomic E-state index is 12.5. The minimum atomic E-state index is -0.310. The van der Waals surface area contributed by atoms with Crippen LogP contribution in [0.15, 0.2) is 72.8 Å². The summed E-state index contributed by atoms with van der Waals surface area (Å²) in [6.45, 7) is -0.235. The Morgan fingerprint density at radius 1 is 0.966 bits per heavy atom. The van der Waals surface area contributed by atoms with E-state index < -0.39 is 0 Å². The molecule has 0 aliphatic carbocycles. The van der Waals surface area contributed by atoms with Gasteiger partial charge in [0.05, 0.1) is 5.69 Å². The Labute approximate surface area is 173 Å². The lowest BCUT2D eigenvalue weighted by molar-refractivity contribution is -0.123. The Morgan fingerprint density at radius 3 is 2.41 bits per heavy atom. The summed E-state index contributed by atoms with van der Waals surface area (Å²) < 4.78 is 5.39. The molecule has 0 fully saturated rings. The Bertz CT molecular complexity index is 1040. The van der Waals surface area contributed by atoms with Gasteiger partial charge in [0.1, 0.15) is 12.3 Å². The number of hydrogen-bond donors (Lipinski definition) is 2. The number of hydrogen-bond acceptors (Lipinski definition) is 4. The van der Waals surface area contributed by atoms with Crippen molar-refractivity contribution in [2.45, 2.75) is 0 Å². The van der Waals surface area contributed by atoms with E-state index in [0.29, 0.717) is 22.1 Å². The highest BCUT2D eigenvalue weighted by Gasteiger charge is 2.27. The summed E-state index contributed by atoms with van der Waals surface area (Å²) in [6.07, 6.45) is 0. The number of nitrogens with zero attached hydrogens (tertiary/aromatic N) is 1. The SMILES string of the molecule is O=C(CN1C(=O)COc2ccc(Cl)cc21)Nc1ccc(Nc2ccccc2)cc1. The van der Waals surface area contributed by atoms with E-state index in [1.54, 1.807) is 30.3 Å². The highest BCUT2D eigenvalue weighted by atomic mass is 35.5. The number of halogens is 1. The van der Waals surface area contributed by atoms with Crippen molar-refractivity contribution in [2.75, 3.05) is 28.7 Å². The molecule has 6 nitrogen and oxygen atoms in total. The van der Waals surface area contributed by atoms with E-state index in [0.717, 1.165) is 11.4 Å². The zero-order valence-corrected chi connectivity index (χ0v) is 16.1. The summed E-state index contributed by atoms with van der Waals surface area (Å²) >= 11 is 6.03. The number of carbonyl (C=O) groups excluding carboxylic acids is 2. The second-order valence-electron chi connectivity index (χ2n) is 6.50. The van der Waals surface area contributed by atoms with E-state index in [1.807, 2.05) is 42.5 Å². The number of carbonyl (C=O) groups is 2. The molecule has 7 heteroatoms. The fourth-order valence-corrected chi connectivity index (χ4v) is 3.18. The third-order valence-electron chi connectivity index (χ3n) is 4.40. The molecule has 0 spiro atoms. The van der Waals surface area contributed by atoms with Crippen molar-refractivity contribution in [3.63, 3.8) is 0 Å². The predicted octanol–water partition coefficient (Wildman–Crippen LogP) is 4.45. The molecule has 0 saturated heterocycles. The van der Waals surface area contributed by atoms with Gasteiger partial charge in [0.25, 0.3) is 5.91 Å². The molecule has 146 valence electrons. The maximum Gasteiger partial charge on any atom is 0.265 e. The van der Waals surface area contributed by atoms with Crippen LogP contribution in [-0.2, 0) is 9.59 Å². The highest BCUT2D eigenvalue weighted by Crippen LogP contribution is 2.34. The van der Waals surface area contributed by atoms with Gasteiger partial charge in [-0.1, -0.05) is 29.8 Å². The van der Waals surface area contributed by atoms with Crippen LogP contribution in [0, 0.1) is 0 Å². The molecule has 0 saturated carbocycles. The first-order valence-electron chi connectivity index (χ1n) is 9.03. The summed E-state index contributed by atoms with van der Waals surface area (Å²) in [5, 5.41) is 6.56. The van der Waals surface area contributed by atoms with Gasteiger partial charge in [0, 0.05) is 22.1 Å². The van der Waals surface area contributed by atoms with Crippen LogP contribution in [-0.4, -0.2) is 25.0 Å². The van der Waals surface area contributed by atoms with Crippen LogP contribution >= 0.6 is 11.6 Å². The van der Waals surface area contributed by atoms with E-state index in [1.165, 1.54) is 4.90 Å². The third-order valence-corrected chi connectivity index (χ3v) is 4.63. The first-order chi connectivity index (χ1) is 14.1. The van der Waals surface area contributed by atoms with Gasteiger partial charge >= 0.3 is 0 Å². The van der Waals surface area contributed by atoms with Gasteiger partial charge < -0.3 is 15.4 Å². The number of nitrogens with one attached hydrogen (secondary N) is 2. The molecule has 0 unspecified atom stereocenters. The molecule has 29 heavy (non-hydrogen) atoms. The molecule has 4 rings (SSSR count). The fourth-order valence-electron chi connectivity index (χ4n) is 3.02. The van der Waals surface area contributed by atoms with E-state index in [4.69, 9.17) is 16.3 Å². The van der Waals surface area contributed by atoms with Gasteiger partial charge in [-0.3, -0.25) is 14.5 Å². The van der Waals surface area contributed by atoms with E-state index >= 15 is 0 Å². The van der Waals surface area contributed by atoms with Crippen molar-refractivity contribution in [2.24, 2.45) is 0 Å².